The number of carbonyl (C=O) groups excluding carboxylic acids is 7. The predicted molar refractivity (Wildman–Crippen MR) is 159 cm³/mol. The molecule has 0 saturated carbocycles. The highest BCUT2D eigenvalue weighted by Gasteiger charge is 2.24. The first-order chi connectivity index (χ1) is 20.9. The van der Waals surface area contributed by atoms with Crippen molar-refractivity contribution in [2.24, 2.45) is 11.5 Å². The van der Waals surface area contributed by atoms with E-state index in [1.165, 1.54) is 6.92 Å². The molecule has 2 unspecified atom stereocenters. The highest BCUT2D eigenvalue weighted by molar-refractivity contribution is 5.94. The second kappa shape index (κ2) is 21.2. The molecule has 0 bridgehead atoms. The lowest BCUT2D eigenvalue weighted by Gasteiger charge is -2.21. The monoisotopic (exact) mass is 620 g/mol. The zero-order valence-electron chi connectivity index (χ0n) is 24.9. The van der Waals surface area contributed by atoms with Crippen LogP contribution in [0.5, 0.6) is 0 Å². The molecule has 0 saturated heterocycles. The van der Waals surface area contributed by atoms with Crippen molar-refractivity contribution in [3.8, 4) is 0 Å². The van der Waals surface area contributed by atoms with E-state index in [0.29, 0.717) is 25.8 Å². The van der Waals surface area contributed by atoms with Crippen molar-refractivity contribution in [1.82, 2.24) is 31.9 Å². The second-order valence-electron chi connectivity index (χ2n) is 10.0. The van der Waals surface area contributed by atoms with Gasteiger partial charge in [-0.15, -0.1) is 0 Å². The first kappa shape index (κ1) is 37.5. The molecule has 0 aliphatic heterocycles. The van der Waals surface area contributed by atoms with Gasteiger partial charge in [-0.2, -0.15) is 0 Å². The van der Waals surface area contributed by atoms with Crippen LogP contribution in [0.1, 0.15) is 44.6 Å². The maximum atomic E-state index is 12.9. The number of aliphatic hydroxyl groups is 1. The van der Waals surface area contributed by atoms with Gasteiger partial charge in [0, 0.05) is 13.3 Å². The van der Waals surface area contributed by atoms with E-state index >= 15 is 0 Å². The van der Waals surface area contributed by atoms with Crippen LogP contribution in [0.2, 0.25) is 0 Å². The summed E-state index contributed by atoms with van der Waals surface area (Å²) in [5.41, 5.74) is 11.6. The summed E-state index contributed by atoms with van der Waals surface area (Å²) in [6.45, 7) is -0.0929. The molecule has 1 rings (SSSR count). The van der Waals surface area contributed by atoms with Crippen molar-refractivity contribution in [2.75, 3.05) is 32.8 Å². The topological polar surface area (TPSA) is 264 Å². The molecule has 0 aliphatic rings. The normalized spacial score (nSPS) is 12.5. The molecular weight excluding hydrogens is 576 g/mol. The van der Waals surface area contributed by atoms with Crippen LogP contribution >= 0.6 is 0 Å². The first-order valence-electron chi connectivity index (χ1n) is 14.3. The number of nitrogens with one attached hydrogen (secondary N) is 6. The summed E-state index contributed by atoms with van der Waals surface area (Å²) in [7, 11) is 0. The SMILES string of the molecule is CC(=O)NCC(=O)NC(CCC(N)=O)C(=O)NCC(=O)N[C@@H](CCCCN)C(=O)NCC(=O)NC(CO)Cc1ccccc1. The third-order valence-corrected chi connectivity index (χ3v) is 6.18. The zero-order valence-corrected chi connectivity index (χ0v) is 24.9. The summed E-state index contributed by atoms with van der Waals surface area (Å²) in [6.07, 6.45) is 1.29. The molecular formula is C28H44N8O8. The Balaban J connectivity index is 2.70. The molecule has 0 aromatic heterocycles. The number of primary amides is 1. The molecule has 0 heterocycles. The van der Waals surface area contributed by atoms with Gasteiger partial charge in [-0.25, -0.2) is 0 Å². The number of aliphatic hydroxyl groups excluding tert-OH is 1. The lowest BCUT2D eigenvalue weighted by Crippen LogP contribution is -2.54. The molecule has 0 radical (unpaired) electrons. The number of benzene rings is 1. The number of hydrogen-bond acceptors (Lipinski definition) is 9. The molecule has 7 amide bonds. The number of carbonyl (C=O) groups is 7. The number of hydrogen-bond donors (Lipinski definition) is 9. The van der Waals surface area contributed by atoms with E-state index in [1.54, 1.807) is 0 Å². The van der Waals surface area contributed by atoms with Crippen LogP contribution in [0.15, 0.2) is 30.3 Å². The average molecular weight is 621 g/mol. The standard InChI is InChI=1S/C28H44N8O8/c1-18(38)31-14-25(41)36-22(10-11-23(30)39)28(44)33-16-26(42)35-21(9-5-6-12-29)27(43)32-15-24(40)34-20(17-37)13-19-7-3-2-4-8-19/h2-4,7-8,20-22,37H,5-6,9-17,29H2,1H3,(H2,30,39)(H,31,38)(H,32,43)(H,33,44)(H,34,40)(H,35,42)(H,36,41)/t20?,21-,22?/m0/s1. The number of unbranched alkanes of at least 4 members (excludes halogenated alkanes) is 1. The summed E-state index contributed by atoms with van der Waals surface area (Å²) in [6, 6.07) is 6.43. The fraction of sp³-hybridized carbons (Fsp3) is 0.536. The summed E-state index contributed by atoms with van der Waals surface area (Å²) in [4.78, 5) is 84.9. The number of nitrogens with two attached hydrogens (primary N) is 2. The Morgan fingerprint density at radius 2 is 1.27 bits per heavy atom. The van der Waals surface area contributed by atoms with E-state index in [1.807, 2.05) is 30.3 Å². The average Bonchev–Trinajstić information content (AvgIpc) is 2.99. The number of amides is 7. The zero-order chi connectivity index (χ0) is 32.9. The van der Waals surface area contributed by atoms with Gasteiger partial charge < -0.3 is 48.5 Å². The summed E-state index contributed by atoms with van der Waals surface area (Å²) >= 11 is 0. The van der Waals surface area contributed by atoms with Gasteiger partial charge in [-0.1, -0.05) is 30.3 Å². The Morgan fingerprint density at radius 1 is 0.750 bits per heavy atom. The van der Waals surface area contributed by atoms with Gasteiger partial charge in [-0.05, 0) is 44.2 Å². The van der Waals surface area contributed by atoms with Gasteiger partial charge in [0.05, 0.1) is 32.3 Å². The molecule has 0 fully saturated rings. The van der Waals surface area contributed by atoms with Gasteiger partial charge in [0.15, 0.2) is 0 Å². The van der Waals surface area contributed by atoms with Crippen LogP contribution in [0.25, 0.3) is 0 Å². The smallest absolute Gasteiger partial charge is 0.243 e. The maximum absolute atomic E-state index is 12.9. The molecule has 3 atom stereocenters. The van der Waals surface area contributed by atoms with Gasteiger partial charge in [0.25, 0.3) is 0 Å². The van der Waals surface area contributed by atoms with Gasteiger partial charge in [0.2, 0.25) is 41.4 Å². The lowest BCUT2D eigenvalue weighted by molar-refractivity contribution is -0.132. The van der Waals surface area contributed by atoms with Crippen molar-refractivity contribution < 1.29 is 38.7 Å². The van der Waals surface area contributed by atoms with Crippen molar-refractivity contribution in [3.05, 3.63) is 35.9 Å². The number of rotatable bonds is 21. The minimum absolute atomic E-state index is 0.150. The van der Waals surface area contributed by atoms with E-state index in [9.17, 15) is 38.7 Å². The quantitative estimate of drug-likeness (QED) is 0.0615. The lowest BCUT2D eigenvalue weighted by atomic mass is 10.1. The molecule has 1 aromatic rings. The van der Waals surface area contributed by atoms with Crippen molar-refractivity contribution in [2.45, 2.75) is 63.6 Å². The fourth-order valence-corrected chi connectivity index (χ4v) is 3.93. The van der Waals surface area contributed by atoms with E-state index < -0.39 is 79.1 Å². The Kier molecular flexibility index (Phi) is 18.0. The third-order valence-electron chi connectivity index (χ3n) is 6.18. The summed E-state index contributed by atoms with van der Waals surface area (Å²) in [5, 5.41) is 24.3. The Morgan fingerprint density at radius 3 is 1.77 bits per heavy atom. The van der Waals surface area contributed by atoms with Crippen molar-refractivity contribution in [3.63, 3.8) is 0 Å². The van der Waals surface area contributed by atoms with Crippen LogP contribution in [0, 0.1) is 0 Å². The van der Waals surface area contributed by atoms with Crippen LogP contribution in [0.4, 0.5) is 0 Å². The van der Waals surface area contributed by atoms with Gasteiger partial charge in [-0.3, -0.25) is 33.6 Å². The largest absolute Gasteiger partial charge is 0.394 e. The Bertz CT molecular complexity index is 1120. The molecule has 1 aromatic carbocycles. The Hall–Kier alpha value is -4.57. The van der Waals surface area contributed by atoms with Gasteiger partial charge >= 0.3 is 0 Å². The van der Waals surface area contributed by atoms with Crippen molar-refractivity contribution >= 4 is 41.4 Å². The van der Waals surface area contributed by atoms with E-state index in [0.717, 1.165) is 5.56 Å². The molecule has 11 N–H and O–H groups in total. The van der Waals surface area contributed by atoms with Crippen LogP contribution < -0.4 is 43.4 Å². The van der Waals surface area contributed by atoms with Crippen molar-refractivity contribution in [1.29, 1.82) is 0 Å². The molecule has 0 aliphatic carbocycles. The maximum Gasteiger partial charge on any atom is 0.243 e. The molecule has 44 heavy (non-hydrogen) atoms. The molecule has 16 nitrogen and oxygen atoms in total. The molecule has 16 heteroatoms. The minimum Gasteiger partial charge on any atom is -0.394 e. The highest BCUT2D eigenvalue weighted by Crippen LogP contribution is 2.04. The van der Waals surface area contributed by atoms with Gasteiger partial charge in [0.1, 0.15) is 12.1 Å². The van der Waals surface area contributed by atoms with E-state index in [4.69, 9.17) is 11.5 Å². The Labute approximate surface area is 255 Å². The van der Waals surface area contributed by atoms with E-state index in [-0.39, 0.29) is 25.9 Å². The molecule has 0 spiro atoms. The molecule has 244 valence electrons. The second-order valence-corrected chi connectivity index (χ2v) is 10.0. The minimum atomic E-state index is -1.22. The van der Waals surface area contributed by atoms with E-state index in [2.05, 4.69) is 31.9 Å². The van der Waals surface area contributed by atoms with Crippen LogP contribution in [-0.2, 0) is 40.0 Å². The summed E-state index contributed by atoms with van der Waals surface area (Å²) in [5.74, 6) is -4.54. The predicted octanol–water partition coefficient (Wildman–Crippen LogP) is -3.56. The third kappa shape index (κ3) is 16.8. The summed E-state index contributed by atoms with van der Waals surface area (Å²) < 4.78 is 0. The first-order valence-corrected chi connectivity index (χ1v) is 14.3. The highest BCUT2D eigenvalue weighted by atomic mass is 16.3. The van der Waals surface area contributed by atoms with Crippen LogP contribution in [0.3, 0.4) is 0 Å². The fourth-order valence-electron chi connectivity index (χ4n) is 3.93. The van der Waals surface area contributed by atoms with Crippen LogP contribution in [-0.4, -0.2) is 97.4 Å².